The first kappa shape index (κ1) is 23.3. The fourth-order valence-electron chi connectivity index (χ4n) is 2.93. The predicted octanol–water partition coefficient (Wildman–Crippen LogP) is 3.74. The van der Waals surface area contributed by atoms with Crippen LogP contribution in [-0.2, 0) is 9.53 Å². The first-order valence-corrected chi connectivity index (χ1v) is 10.1. The minimum atomic E-state index is -0.478. The summed E-state index contributed by atoms with van der Waals surface area (Å²) in [6.07, 6.45) is 8.29. The van der Waals surface area contributed by atoms with Crippen molar-refractivity contribution in [3.63, 3.8) is 0 Å². The highest BCUT2D eigenvalue weighted by Gasteiger charge is 2.23. The van der Waals surface area contributed by atoms with Gasteiger partial charge in [-0.05, 0) is 80.3 Å². The van der Waals surface area contributed by atoms with E-state index in [0.29, 0.717) is 35.0 Å². The lowest BCUT2D eigenvalue weighted by molar-refractivity contribution is -0.117. The van der Waals surface area contributed by atoms with Crippen molar-refractivity contribution in [3.05, 3.63) is 35.0 Å². The van der Waals surface area contributed by atoms with Gasteiger partial charge in [-0.3, -0.25) is 4.79 Å². The molecule has 1 aliphatic carbocycles. The molecule has 0 aromatic carbocycles. The van der Waals surface area contributed by atoms with Gasteiger partial charge in [0.05, 0.1) is 0 Å². The number of carbonyl (C=O) groups is 2. The van der Waals surface area contributed by atoms with Gasteiger partial charge >= 0.3 is 6.09 Å². The Kier molecular flexibility index (Phi) is 9.63. The van der Waals surface area contributed by atoms with E-state index in [1.807, 2.05) is 20.8 Å². The van der Waals surface area contributed by atoms with E-state index >= 15 is 0 Å². The lowest BCUT2D eigenvalue weighted by Gasteiger charge is -2.29. The third-order valence-electron chi connectivity index (χ3n) is 4.39. The third kappa shape index (κ3) is 9.65. The van der Waals surface area contributed by atoms with Crippen molar-refractivity contribution in [2.75, 3.05) is 13.1 Å². The molecule has 2 amide bonds. The highest BCUT2D eigenvalue weighted by atomic mass is 79.9. The highest BCUT2D eigenvalue weighted by molar-refractivity contribution is 9.11. The average Bonchev–Trinajstić information content (AvgIpc) is 2.61. The number of hydrogen-bond acceptors (Lipinski definition) is 4. The fraction of sp³-hybridized carbons (Fsp3) is 0.600. The number of alkyl carbamates (subject to hydrolysis) is 1. The number of hydrogen-bond donors (Lipinski definition) is 3. The minimum Gasteiger partial charge on any atom is -0.444 e. The highest BCUT2D eigenvalue weighted by Crippen LogP contribution is 2.28. The van der Waals surface area contributed by atoms with Crippen LogP contribution in [0.2, 0.25) is 0 Å². The van der Waals surface area contributed by atoms with Gasteiger partial charge < -0.3 is 21.1 Å². The predicted molar refractivity (Wildman–Crippen MR) is 112 cm³/mol. The second-order valence-electron chi connectivity index (χ2n) is 7.83. The summed E-state index contributed by atoms with van der Waals surface area (Å²) in [6.45, 7) is 10.5. The van der Waals surface area contributed by atoms with Crippen molar-refractivity contribution >= 4 is 27.9 Å². The summed E-state index contributed by atoms with van der Waals surface area (Å²) in [7, 11) is 0. The van der Waals surface area contributed by atoms with Gasteiger partial charge in [-0.2, -0.15) is 0 Å². The molecule has 0 spiro atoms. The zero-order valence-corrected chi connectivity index (χ0v) is 18.1. The maximum atomic E-state index is 12.2. The first-order valence-electron chi connectivity index (χ1n) is 9.31. The molecule has 0 atom stereocenters. The molecule has 0 saturated heterocycles. The van der Waals surface area contributed by atoms with Gasteiger partial charge in [0.2, 0.25) is 0 Å². The van der Waals surface area contributed by atoms with E-state index in [1.54, 1.807) is 6.08 Å². The van der Waals surface area contributed by atoms with Crippen LogP contribution in [0.5, 0.6) is 0 Å². The van der Waals surface area contributed by atoms with Gasteiger partial charge in [0, 0.05) is 29.3 Å². The largest absolute Gasteiger partial charge is 0.444 e. The van der Waals surface area contributed by atoms with Gasteiger partial charge in [0.1, 0.15) is 5.60 Å². The number of amides is 2. The van der Waals surface area contributed by atoms with Gasteiger partial charge in [0.25, 0.3) is 5.91 Å². The minimum absolute atomic E-state index is 0.155. The van der Waals surface area contributed by atoms with Crippen LogP contribution in [0.15, 0.2) is 35.0 Å². The number of rotatable bonds is 7. The molecular formula is C20H32BrN3O3. The molecule has 27 heavy (non-hydrogen) atoms. The Balaban J connectivity index is 2.33. The van der Waals surface area contributed by atoms with E-state index < -0.39 is 5.60 Å². The van der Waals surface area contributed by atoms with Gasteiger partial charge in [-0.1, -0.05) is 12.7 Å². The summed E-state index contributed by atoms with van der Waals surface area (Å²) in [5, 5.41) is 5.82. The van der Waals surface area contributed by atoms with Crippen molar-refractivity contribution in [3.8, 4) is 0 Å². The van der Waals surface area contributed by atoms with Crippen LogP contribution in [0.3, 0.4) is 0 Å². The van der Waals surface area contributed by atoms with Crippen molar-refractivity contribution in [2.45, 2.75) is 52.1 Å². The van der Waals surface area contributed by atoms with Crippen LogP contribution >= 0.6 is 15.9 Å². The molecule has 0 bridgehead atoms. The smallest absolute Gasteiger partial charge is 0.407 e. The molecule has 1 rings (SSSR count). The molecule has 1 fully saturated rings. The van der Waals surface area contributed by atoms with Crippen LogP contribution in [0, 0.1) is 11.8 Å². The van der Waals surface area contributed by atoms with Crippen LogP contribution in [0.25, 0.3) is 0 Å². The number of nitrogens with two attached hydrogens (primary N) is 1. The molecule has 1 saturated carbocycles. The Morgan fingerprint density at radius 2 is 1.67 bits per heavy atom. The van der Waals surface area contributed by atoms with Crippen LogP contribution < -0.4 is 16.4 Å². The second-order valence-corrected chi connectivity index (χ2v) is 8.75. The van der Waals surface area contributed by atoms with Crippen molar-refractivity contribution < 1.29 is 14.3 Å². The molecule has 6 nitrogen and oxygen atoms in total. The Hall–Kier alpha value is -1.76. The van der Waals surface area contributed by atoms with Crippen molar-refractivity contribution in [1.29, 1.82) is 0 Å². The molecule has 0 unspecified atom stereocenters. The summed E-state index contributed by atoms with van der Waals surface area (Å²) >= 11 is 3.25. The number of carbonyl (C=O) groups excluding carboxylic acids is 2. The molecule has 0 aliphatic heterocycles. The fourth-order valence-corrected chi connectivity index (χ4v) is 3.18. The number of ether oxygens (including phenoxy) is 1. The van der Waals surface area contributed by atoms with E-state index in [9.17, 15) is 9.59 Å². The van der Waals surface area contributed by atoms with Crippen molar-refractivity contribution in [2.24, 2.45) is 17.6 Å². The molecule has 152 valence electrons. The van der Waals surface area contributed by atoms with Crippen LogP contribution in [0.1, 0.15) is 46.5 Å². The van der Waals surface area contributed by atoms with E-state index in [2.05, 4.69) is 33.1 Å². The van der Waals surface area contributed by atoms with Crippen LogP contribution in [0.4, 0.5) is 4.79 Å². The van der Waals surface area contributed by atoms with Gasteiger partial charge in [-0.25, -0.2) is 4.79 Å². The Morgan fingerprint density at radius 1 is 1.15 bits per heavy atom. The summed E-state index contributed by atoms with van der Waals surface area (Å²) in [5.74, 6) is 0.752. The standard InChI is InChI=1S/C20H32BrN3O3/c1-5-16(10-17(21)11-22)18(25)23-12-14-6-8-15(9-7-14)13-24-19(26)27-20(2,3)4/h5,10-11,14-15H,1,6-9,12-13,22H2,2-4H3,(H,23,25)(H,24,26)/b16-10+,17-11+/t14-,15-. The lowest BCUT2D eigenvalue weighted by atomic mass is 9.82. The van der Waals surface area contributed by atoms with E-state index in [-0.39, 0.29) is 12.0 Å². The third-order valence-corrected chi connectivity index (χ3v) is 4.88. The van der Waals surface area contributed by atoms with E-state index in [0.717, 1.165) is 25.7 Å². The summed E-state index contributed by atoms with van der Waals surface area (Å²) in [6, 6.07) is 0. The summed E-state index contributed by atoms with van der Waals surface area (Å²) < 4.78 is 5.89. The Morgan fingerprint density at radius 3 is 2.11 bits per heavy atom. The topological polar surface area (TPSA) is 93.5 Å². The number of nitrogens with one attached hydrogen (secondary N) is 2. The molecule has 4 N–H and O–H groups in total. The second kappa shape index (κ2) is 11.2. The van der Waals surface area contributed by atoms with Gasteiger partial charge in [-0.15, -0.1) is 0 Å². The zero-order chi connectivity index (χ0) is 20.4. The molecule has 7 heteroatoms. The molecule has 1 aliphatic rings. The molecular weight excluding hydrogens is 410 g/mol. The number of allylic oxidation sites excluding steroid dienone is 2. The monoisotopic (exact) mass is 441 g/mol. The summed E-state index contributed by atoms with van der Waals surface area (Å²) in [4.78, 5) is 23.9. The van der Waals surface area contributed by atoms with E-state index in [1.165, 1.54) is 12.3 Å². The van der Waals surface area contributed by atoms with Crippen LogP contribution in [-0.4, -0.2) is 30.7 Å². The molecule has 0 aromatic heterocycles. The van der Waals surface area contributed by atoms with E-state index in [4.69, 9.17) is 10.5 Å². The molecule has 0 heterocycles. The molecule has 0 radical (unpaired) electrons. The zero-order valence-electron chi connectivity index (χ0n) is 16.5. The van der Waals surface area contributed by atoms with Gasteiger partial charge in [0.15, 0.2) is 0 Å². The Labute approximate surface area is 170 Å². The maximum Gasteiger partial charge on any atom is 0.407 e. The average molecular weight is 442 g/mol. The SMILES string of the molecule is C=C/C(=C\C(Br)=C/N)C(=O)NC[C@H]1CC[C@H](CNC(=O)OC(C)(C)C)CC1. The quantitative estimate of drug-likeness (QED) is 0.414. The lowest BCUT2D eigenvalue weighted by Crippen LogP contribution is -2.37. The normalized spacial score (nSPS) is 21.3. The number of halogens is 1. The molecule has 0 aromatic rings. The Bertz CT molecular complexity index is 586. The summed E-state index contributed by atoms with van der Waals surface area (Å²) in [5.41, 5.74) is 5.39. The first-order chi connectivity index (χ1) is 12.6. The van der Waals surface area contributed by atoms with Crippen molar-refractivity contribution in [1.82, 2.24) is 10.6 Å². The maximum absolute atomic E-state index is 12.2.